The molecule has 0 atom stereocenters. The number of nitrogens with one attached hydrogen (secondary N) is 1. The van der Waals surface area contributed by atoms with E-state index in [9.17, 15) is 9.59 Å². The van der Waals surface area contributed by atoms with Crippen LogP contribution in [0.1, 0.15) is 59.3 Å². The molecule has 2 amide bonds. The zero-order valence-electron chi connectivity index (χ0n) is 12.9. The molecule has 1 saturated heterocycles. The van der Waals surface area contributed by atoms with Gasteiger partial charge in [0.2, 0.25) is 0 Å². The second kappa shape index (κ2) is 7.50. The molecule has 0 aliphatic carbocycles. The van der Waals surface area contributed by atoms with Crippen molar-refractivity contribution in [3.63, 3.8) is 0 Å². The third kappa shape index (κ3) is 5.80. The minimum atomic E-state index is -0.730. The Morgan fingerprint density at radius 1 is 1.30 bits per heavy atom. The number of carbonyl (C=O) groups excluding carboxylic acids is 1. The number of carboxylic acids is 1. The molecule has 1 fully saturated rings. The van der Waals surface area contributed by atoms with Gasteiger partial charge in [0.1, 0.15) is 0 Å². The molecule has 0 radical (unpaired) electrons. The standard InChI is InChI=1S/C15H28N2O3/c1-4-9-15(2,3)16-14(20)17-10-7-12(8-11-17)5-6-13(18)19/h12H,4-11H2,1-3H3,(H,16,20)(H,18,19). The van der Waals surface area contributed by atoms with Crippen molar-refractivity contribution in [2.75, 3.05) is 13.1 Å². The van der Waals surface area contributed by atoms with Crippen LogP contribution < -0.4 is 5.32 Å². The zero-order valence-corrected chi connectivity index (χ0v) is 12.9. The van der Waals surface area contributed by atoms with E-state index < -0.39 is 5.97 Å². The van der Waals surface area contributed by atoms with E-state index in [0.29, 0.717) is 5.92 Å². The van der Waals surface area contributed by atoms with Gasteiger partial charge in [-0.1, -0.05) is 13.3 Å². The van der Waals surface area contributed by atoms with Gasteiger partial charge in [0, 0.05) is 25.0 Å². The molecule has 0 spiro atoms. The Morgan fingerprint density at radius 3 is 2.40 bits per heavy atom. The van der Waals surface area contributed by atoms with E-state index in [-0.39, 0.29) is 18.0 Å². The Bertz CT molecular complexity index is 334. The molecule has 2 N–H and O–H groups in total. The van der Waals surface area contributed by atoms with Gasteiger partial charge >= 0.3 is 12.0 Å². The molecule has 1 aliphatic rings. The molecule has 1 heterocycles. The van der Waals surface area contributed by atoms with Crippen LogP contribution in [-0.2, 0) is 4.79 Å². The average Bonchev–Trinajstić information content (AvgIpc) is 2.36. The third-order valence-electron chi connectivity index (χ3n) is 3.99. The van der Waals surface area contributed by atoms with Gasteiger partial charge < -0.3 is 15.3 Å². The lowest BCUT2D eigenvalue weighted by Gasteiger charge is -2.35. The Hall–Kier alpha value is -1.26. The highest BCUT2D eigenvalue weighted by Crippen LogP contribution is 2.22. The van der Waals surface area contributed by atoms with Gasteiger partial charge in [0.15, 0.2) is 0 Å². The number of nitrogens with zero attached hydrogens (tertiary/aromatic N) is 1. The molecule has 1 rings (SSSR count). The number of hydrogen-bond donors (Lipinski definition) is 2. The lowest BCUT2D eigenvalue weighted by atomic mass is 9.92. The normalized spacial score (nSPS) is 17.1. The predicted octanol–water partition coefficient (Wildman–Crippen LogP) is 2.85. The number of likely N-dealkylation sites (tertiary alicyclic amines) is 1. The Labute approximate surface area is 121 Å². The van der Waals surface area contributed by atoms with Crippen molar-refractivity contribution in [2.24, 2.45) is 5.92 Å². The minimum absolute atomic E-state index is 0.0140. The van der Waals surface area contributed by atoms with Crippen molar-refractivity contribution in [1.29, 1.82) is 0 Å². The summed E-state index contributed by atoms with van der Waals surface area (Å²) in [5, 5.41) is 11.8. The van der Waals surface area contributed by atoms with E-state index in [1.54, 1.807) is 0 Å². The number of amides is 2. The van der Waals surface area contributed by atoms with Crippen molar-refractivity contribution in [2.45, 2.75) is 64.8 Å². The second-order valence-electron chi connectivity index (χ2n) is 6.43. The highest BCUT2D eigenvalue weighted by Gasteiger charge is 2.26. The first-order chi connectivity index (χ1) is 9.34. The summed E-state index contributed by atoms with van der Waals surface area (Å²) in [6, 6.07) is 0.0140. The SMILES string of the molecule is CCCC(C)(C)NC(=O)N1CCC(CCC(=O)O)CC1. The Balaban J connectivity index is 2.33. The van der Waals surface area contributed by atoms with Crippen molar-refractivity contribution < 1.29 is 14.7 Å². The maximum atomic E-state index is 12.2. The summed E-state index contributed by atoms with van der Waals surface area (Å²) in [4.78, 5) is 24.6. The lowest BCUT2D eigenvalue weighted by Crippen LogP contribution is -2.51. The van der Waals surface area contributed by atoms with Crippen molar-refractivity contribution in [1.82, 2.24) is 10.2 Å². The van der Waals surface area contributed by atoms with Crippen LogP contribution in [0.3, 0.4) is 0 Å². The van der Waals surface area contributed by atoms with Crippen LogP contribution in [0.15, 0.2) is 0 Å². The Morgan fingerprint density at radius 2 is 1.90 bits per heavy atom. The third-order valence-corrected chi connectivity index (χ3v) is 3.99. The topological polar surface area (TPSA) is 69.6 Å². The number of rotatable bonds is 6. The lowest BCUT2D eigenvalue weighted by molar-refractivity contribution is -0.137. The summed E-state index contributed by atoms with van der Waals surface area (Å²) in [6.45, 7) is 7.68. The van der Waals surface area contributed by atoms with Gasteiger partial charge in [-0.05, 0) is 45.4 Å². The zero-order chi connectivity index (χ0) is 15.2. The first kappa shape index (κ1) is 16.8. The summed E-state index contributed by atoms with van der Waals surface area (Å²) >= 11 is 0. The van der Waals surface area contributed by atoms with Crippen molar-refractivity contribution in [3.05, 3.63) is 0 Å². The van der Waals surface area contributed by atoms with Crippen LogP contribution in [0.4, 0.5) is 4.79 Å². The first-order valence-electron chi connectivity index (χ1n) is 7.63. The highest BCUT2D eigenvalue weighted by atomic mass is 16.4. The van der Waals surface area contributed by atoms with Crippen LogP contribution in [0.2, 0.25) is 0 Å². The molecular formula is C15H28N2O3. The maximum Gasteiger partial charge on any atom is 0.317 e. The number of urea groups is 1. The van der Waals surface area contributed by atoms with Gasteiger partial charge in [-0.25, -0.2) is 4.79 Å². The van der Waals surface area contributed by atoms with Crippen LogP contribution >= 0.6 is 0 Å². The second-order valence-corrected chi connectivity index (χ2v) is 6.43. The molecule has 1 aliphatic heterocycles. The van der Waals surface area contributed by atoms with Gasteiger partial charge in [-0.15, -0.1) is 0 Å². The van der Waals surface area contributed by atoms with Gasteiger partial charge in [-0.3, -0.25) is 4.79 Å². The van der Waals surface area contributed by atoms with E-state index in [1.807, 2.05) is 18.7 Å². The number of carbonyl (C=O) groups is 2. The maximum absolute atomic E-state index is 12.2. The fourth-order valence-electron chi connectivity index (χ4n) is 2.81. The molecule has 0 saturated carbocycles. The summed E-state index contributed by atoms with van der Waals surface area (Å²) in [6.07, 6.45) is 4.80. The monoisotopic (exact) mass is 284 g/mol. The fraction of sp³-hybridized carbons (Fsp3) is 0.867. The number of aliphatic carboxylic acids is 1. The van der Waals surface area contributed by atoms with Crippen LogP contribution in [-0.4, -0.2) is 40.6 Å². The van der Waals surface area contributed by atoms with E-state index in [0.717, 1.165) is 45.2 Å². The summed E-state index contributed by atoms with van der Waals surface area (Å²) in [7, 11) is 0. The van der Waals surface area contributed by atoms with E-state index >= 15 is 0 Å². The molecule has 0 aromatic heterocycles. The first-order valence-corrected chi connectivity index (χ1v) is 7.63. The molecule has 0 aromatic rings. The average molecular weight is 284 g/mol. The van der Waals surface area contributed by atoms with Gasteiger partial charge in [-0.2, -0.15) is 0 Å². The van der Waals surface area contributed by atoms with Gasteiger partial charge in [0.05, 0.1) is 0 Å². The minimum Gasteiger partial charge on any atom is -0.481 e. The molecule has 0 bridgehead atoms. The van der Waals surface area contributed by atoms with Crippen molar-refractivity contribution in [3.8, 4) is 0 Å². The number of piperidine rings is 1. The molecule has 116 valence electrons. The smallest absolute Gasteiger partial charge is 0.317 e. The van der Waals surface area contributed by atoms with E-state index in [2.05, 4.69) is 12.2 Å². The fourth-order valence-corrected chi connectivity index (χ4v) is 2.81. The molecular weight excluding hydrogens is 256 g/mol. The number of hydrogen-bond acceptors (Lipinski definition) is 2. The summed E-state index contributed by atoms with van der Waals surface area (Å²) in [5.41, 5.74) is -0.161. The summed E-state index contributed by atoms with van der Waals surface area (Å²) in [5.74, 6) is -0.287. The highest BCUT2D eigenvalue weighted by molar-refractivity contribution is 5.75. The van der Waals surface area contributed by atoms with Crippen LogP contribution in [0.5, 0.6) is 0 Å². The summed E-state index contributed by atoms with van der Waals surface area (Å²) < 4.78 is 0. The Kier molecular flexibility index (Phi) is 6.30. The predicted molar refractivity (Wildman–Crippen MR) is 78.7 cm³/mol. The van der Waals surface area contributed by atoms with Crippen LogP contribution in [0, 0.1) is 5.92 Å². The quantitative estimate of drug-likeness (QED) is 0.788. The molecule has 5 nitrogen and oxygen atoms in total. The van der Waals surface area contributed by atoms with Crippen molar-refractivity contribution >= 4 is 12.0 Å². The van der Waals surface area contributed by atoms with Gasteiger partial charge in [0.25, 0.3) is 0 Å². The van der Waals surface area contributed by atoms with E-state index in [4.69, 9.17) is 5.11 Å². The largest absolute Gasteiger partial charge is 0.481 e. The molecule has 0 unspecified atom stereocenters. The van der Waals surface area contributed by atoms with Crippen LogP contribution in [0.25, 0.3) is 0 Å². The number of carboxylic acid groups (broad SMARTS) is 1. The molecule has 5 heteroatoms. The molecule has 20 heavy (non-hydrogen) atoms. The molecule has 0 aromatic carbocycles. The van der Waals surface area contributed by atoms with E-state index in [1.165, 1.54) is 0 Å².